The summed E-state index contributed by atoms with van der Waals surface area (Å²) in [6, 6.07) is 3.90. The van der Waals surface area contributed by atoms with Gasteiger partial charge in [0.25, 0.3) is 0 Å². The molecule has 0 radical (unpaired) electrons. The van der Waals surface area contributed by atoms with Crippen molar-refractivity contribution in [1.29, 1.82) is 0 Å². The molecule has 108 valence electrons. The van der Waals surface area contributed by atoms with Crippen LogP contribution >= 0.6 is 0 Å². The minimum absolute atomic E-state index is 0.371. The highest BCUT2D eigenvalue weighted by Gasteiger charge is 2.31. The largest absolute Gasteiger partial charge is 0.462 e. The Morgan fingerprint density at radius 2 is 2.05 bits per heavy atom. The first-order valence-electron chi connectivity index (χ1n) is 7.49. The molecule has 1 fully saturated rings. The summed E-state index contributed by atoms with van der Waals surface area (Å²) in [5, 5.41) is 0. The first kappa shape index (κ1) is 14.6. The van der Waals surface area contributed by atoms with E-state index in [1.807, 2.05) is 12.1 Å². The van der Waals surface area contributed by atoms with Crippen LogP contribution in [0.3, 0.4) is 0 Å². The van der Waals surface area contributed by atoms with Gasteiger partial charge in [-0.2, -0.15) is 0 Å². The molecular formula is C16H27NO2. The minimum atomic E-state index is 0.371. The number of rotatable bonds is 5. The zero-order valence-corrected chi connectivity index (χ0v) is 12.4. The van der Waals surface area contributed by atoms with Crippen molar-refractivity contribution >= 4 is 0 Å². The van der Waals surface area contributed by atoms with Gasteiger partial charge in [0, 0.05) is 0 Å². The summed E-state index contributed by atoms with van der Waals surface area (Å²) < 4.78 is 11.7. The molecule has 0 spiro atoms. The summed E-state index contributed by atoms with van der Waals surface area (Å²) in [5.41, 5.74) is 5.55. The molecule has 0 aromatic carbocycles. The van der Waals surface area contributed by atoms with Gasteiger partial charge in [0.1, 0.15) is 18.1 Å². The van der Waals surface area contributed by atoms with Gasteiger partial charge in [-0.3, -0.25) is 0 Å². The molecule has 0 bridgehead atoms. The third-order valence-corrected chi connectivity index (χ3v) is 4.32. The van der Waals surface area contributed by atoms with E-state index < -0.39 is 0 Å². The monoisotopic (exact) mass is 265 g/mol. The van der Waals surface area contributed by atoms with E-state index in [9.17, 15) is 0 Å². The number of ether oxygens (including phenoxy) is 1. The zero-order valence-electron chi connectivity index (χ0n) is 12.4. The predicted octanol–water partition coefficient (Wildman–Crippen LogP) is 3.72. The van der Waals surface area contributed by atoms with Crippen LogP contribution in [0, 0.1) is 17.8 Å². The Balaban J connectivity index is 1.91. The molecular weight excluding hydrogens is 238 g/mol. The Labute approximate surface area is 116 Å². The molecule has 1 aliphatic rings. The van der Waals surface area contributed by atoms with Gasteiger partial charge in [-0.1, -0.05) is 27.2 Å². The van der Waals surface area contributed by atoms with Crippen LogP contribution in [0.15, 0.2) is 16.5 Å². The highest BCUT2D eigenvalue weighted by molar-refractivity contribution is 5.06. The average molecular weight is 265 g/mol. The van der Waals surface area contributed by atoms with Crippen molar-refractivity contribution < 1.29 is 9.15 Å². The lowest BCUT2D eigenvalue weighted by Gasteiger charge is -2.37. The van der Waals surface area contributed by atoms with Crippen molar-refractivity contribution in [1.82, 2.24) is 0 Å². The SMILES string of the molecule is CC1CCC(C(C)C)C(OCc2ccc(CN)o2)C1. The van der Waals surface area contributed by atoms with Gasteiger partial charge in [-0.05, 0) is 42.7 Å². The first-order valence-corrected chi connectivity index (χ1v) is 7.49. The molecule has 1 aromatic heterocycles. The molecule has 1 heterocycles. The third kappa shape index (κ3) is 3.83. The van der Waals surface area contributed by atoms with Crippen molar-refractivity contribution in [3.63, 3.8) is 0 Å². The topological polar surface area (TPSA) is 48.4 Å². The maximum absolute atomic E-state index is 6.14. The van der Waals surface area contributed by atoms with Gasteiger partial charge in [-0.15, -0.1) is 0 Å². The summed E-state index contributed by atoms with van der Waals surface area (Å²) in [6.45, 7) is 7.95. The quantitative estimate of drug-likeness (QED) is 0.882. The van der Waals surface area contributed by atoms with E-state index in [0.29, 0.717) is 31.1 Å². The van der Waals surface area contributed by atoms with Gasteiger partial charge < -0.3 is 14.9 Å². The Morgan fingerprint density at radius 1 is 1.32 bits per heavy atom. The van der Waals surface area contributed by atoms with Crippen LogP contribution in [0.5, 0.6) is 0 Å². The minimum Gasteiger partial charge on any atom is -0.462 e. The molecule has 1 aliphatic carbocycles. The first-order chi connectivity index (χ1) is 9.10. The number of furan rings is 1. The van der Waals surface area contributed by atoms with Crippen LogP contribution in [0.2, 0.25) is 0 Å². The molecule has 2 N–H and O–H groups in total. The Kier molecular flexibility index (Phi) is 5.06. The summed E-state index contributed by atoms with van der Waals surface area (Å²) in [7, 11) is 0. The maximum atomic E-state index is 6.14. The van der Waals surface area contributed by atoms with Crippen molar-refractivity contribution in [3.05, 3.63) is 23.7 Å². The van der Waals surface area contributed by atoms with Crippen LogP contribution in [-0.2, 0) is 17.9 Å². The maximum Gasteiger partial charge on any atom is 0.129 e. The van der Waals surface area contributed by atoms with Gasteiger partial charge >= 0.3 is 0 Å². The van der Waals surface area contributed by atoms with Gasteiger partial charge in [0.2, 0.25) is 0 Å². The fraction of sp³-hybridized carbons (Fsp3) is 0.750. The van der Waals surface area contributed by atoms with E-state index in [4.69, 9.17) is 14.9 Å². The molecule has 2 rings (SSSR count). The molecule has 19 heavy (non-hydrogen) atoms. The van der Waals surface area contributed by atoms with Gasteiger partial charge in [0.05, 0.1) is 12.6 Å². The molecule has 0 amide bonds. The predicted molar refractivity (Wildman–Crippen MR) is 76.5 cm³/mol. The summed E-state index contributed by atoms with van der Waals surface area (Å²) in [6.07, 6.45) is 4.17. The smallest absolute Gasteiger partial charge is 0.129 e. The zero-order chi connectivity index (χ0) is 13.8. The van der Waals surface area contributed by atoms with Gasteiger partial charge in [0.15, 0.2) is 0 Å². The van der Waals surface area contributed by atoms with Crippen LogP contribution < -0.4 is 5.73 Å². The van der Waals surface area contributed by atoms with Crippen LogP contribution in [-0.4, -0.2) is 6.10 Å². The van der Waals surface area contributed by atoms with Gasteiger partial charge in [-0.25, -0.2) is 0 Å². The molecule has 1 aromatic rings. The standard InChI is InChI=1S/C16H27NO2/c1-11(2)15-7-4-12(3)8-16(15)18-10-14-6-5-13(9-17)19-14/h5-6,11-12,15-16H,4,7-10,17H2,1-3H3. The lowest BCUT2D eigenvalue weighted by atomic mass is 9.75. The summed E-state index contributed by atoms with van der Waals surface area (Å²) in [5.74, 6) is 3.86. The molecule has 3 atom stereocenters. The Morgan fingerprint density at radius 3 is 2.68 bits per heavy atom. The molecule has 0 aliphatic heterocycles. The highest BCUT2D eigenvalue weighted by Crippen LogP contribution is 2.35. The van der Waals surface area contributed by atoms with Crippen molar-refractivity contribution in [2.24, 2.45) is 23.5 Å². The average Bonchev–Trinajstić information content (AvgIpc) is 2.84. The number of nitrogens with two attached hydrogens (primary N) is 1. The van der Waals surface area contributed by atoms with Crippen LogP contribution in [0.4, 0.5) is 0 Å². The van der Waals surface area contributed by atoms with E-state index in [1.165, 1.54) is 19.3 Å². The molecule has 3 heteroatoms. The third-order valence-electron chi connectivity index (χ3n) is 4.32. The van der Waals surface area contributed by atoms with Crippen molar-refractivity contribution in [3.8, 4) is 0 Å². The van der Waals surface area contributed by atoms with Crippen molar-refractivity contribution in [2.75, 3.05) is 0 Å². The normalized spacial score (nSPS) is 27.9. The van der Waals surface area contributed by atoms with E-state index >= 15 is 0 Å². The Bertz CT molecular complexity index is 386. The highest BCUT2D eigenvalue weighted by atomic mass is 16.5. The molecule has 1 saturated carbocycles. The van der Waals surface area contributed by atoms with Crippen LogP contribution in [0.1, 0.15) is 51.6 Å². The summed E-state index contributed by atoms with van der Waals surface area (Å²) >= 11 is 0. The second-order valence-electron chi connectivity index (χ2n) is 6.25. The van der Waals surface area contributed by atoms with Crippen molar-refractivity contribution in [2.45, 2.75) is 59.3 Å². The molecule has 0 saturated heterocycles. The fourth-order valence-corrected chi connectivity index (χ4v) is 3.11. The number of hydrogen-bond acceptors (Lipinski definition) is 3. The molecule has 3 nitrogen and oxygen atoms in total. The second kappa shape index (κ2) is 6.58. The second-order valence-corrected chi connectivity index (χ2v) is 6.25. The number of hydrogen-bond donors (Lipinski definition) is 1. The summed E-state index contributed by atoms with van der Waals surface area (Å²) in [4.78, 5) is 0. The van der Waals surface area contributed by atoms with E-state index in [-0.39, 0.29) is 0 Å². The van der Waals surface area contributed by atoms with E-state index in [2.05, 4.69) is 20.8 Å². The fourth-order valence-electron chi connectivity index (χ4n) is 3.11. The molecule has 3 unspecified atom stereocenters. The lowest BCUT2D eigenvalue weighted by molar-refractivity contribution is -0.0524. The van der Waals surface area contributed by atoms with E-state index in [0.717, 1.165) is 17.4 Å². The van der Waals surface area contributed by atoms with E-state index in [1.54, 1.807) is 0 Å². The lowest BCUT2D eigenvalue weighted by Crippen LogP contribution is -2.34. The van der Waals surface area contributed by atoms with Crippen LogP contribution in [0.25, 0.3) is 0 Å². The Hall–Kier alpha value is -0.800.